The maximum absolute atomic E-state index is 11.4. The van der Waals surface area contributed by atoms with E-state index in [4.69, 9.17) is 15.3 Å². The number of halogens is 18. The van der Waals surface area contributed by atoms with Gasteiger partial charge in [0.1, 0.15) is 0 Å². The Morgan fingerprint density at radius 2 is 0.488 bits per heavy atom. The molecule has 0 aromatic carbocycles. The number of alkyl halides is 18. The van der Waals surface area contributed by atoms with Gasteiger partial charge in [0.25, 0.3) is 17.3 Å². The molecule has 0 aromatic rings. The largest absolute Gasteiger partial charge is 0.504 e. The van der Waals surface area contributed by atoms with Gasteiger partial charge in [0.2, 0.25) is 17.3 Å². The summed E-state index contributed by atoms with van der Waals surface area (Å²) in [5.41, 5.74) is 0. The van der Waals surface area contributed by atoms with E-state index >= 15 is 0 Å². The van der Waals surface area contributed by atoms with Crippen LogP contribution in [0.15, 0.2) is 35.5 Å². The van der Waals surface area contributed by atoms with E-state index < -0.39 is 89.9 Å². The van der Waals surface area contributed by atoms with Gasteiger partial charge < -0.3 is 20.8 Å². The summed E-state index contributed by atoms with van der Waals surface area (Å²) < 4.78 is 204. The van der Waals surface area contributed by atoms with Gasteiger partial charge in [-0.15, -0.1) is 0 Å². The second-order valence-electron chi connectivity index (χ2n) is 5.67. The van der Waals surface area contributed by atoms with Crippen molar-refractivity contribution in [1.82, 2.24) is 0 Å². The van der Waals surface area contributed by atoms with Crippen molar-refractivity contribution in [2.75, 3.05) is 0 Å². The van der Waals surface area contributed by atoms with Crippen LogP contribution in [0, 0.1) is 0 Å². The Morgan fingerprint density at radius 3 is 0.561 bits per heavy atom. The van der Waals surface area contributed by atoms with Gasteiger partial charge in [0, 0.05) is 50.9 Å². The zero-order valence-corrected chi connectivity index (χ0v) is 21.0. The third-order valence-corrected chi connectivity index (χ3v) is 2.51. The van der Waals surface area contributed by atoms with Gasteiger partial charge in [-0.3, -0.25) is 14.4 Å². The molecule has 0 aliphatic heterocycles. The van der Waals surface area contributed by atoms with Gasteiger partial charge in [-0.05, 0) is 0 Å². The van der Waals surface area contributed by atoms with E-state index in [9.17, 15) is 93.4 Å². The topological polar surface area (TPSA) is 143 Å². The van der Waals surface area contributed by atoms with Crippen molar-refractivity contribution < 1.29 is 147 Å². The molecule has 0 aliphatic rings. The second kappa shape index (κ2) is 16.8. The van der Waals surface area contributed by atoms with E-state index in [1.807, 2.05) is 0 Å². The van der Waals surface area contributed by atoms with Gasteiger partial charge in [-0.2, -0.15) is 79.0 Å². The second-order valence-corrected chi connectivity index (χ2v) is 5.67. The molecule has 0 spiro atoms. The van der Waals surface area contributed by atoms with Crippen LogP contribution in [0.5, 0.6) is 0 Å². The molecule has 0 fully saturated rings. The van der Waals surface area contributed by atoms with Crippen molar-refractivity contribution >= 4 is 17.3 Å². The van der Waals surface area contributed by atoms with E-state index in [0.29, 0.717) is 0 Å². The molecule has 0 rings (SSSR count). The zero-order valence-electron chi connectivity index (χ0n) is 18.2. The average Bonchev–Trinajstić information content (AvgIpc) is 2.64. The van der Waals surface area contributed by atoms with E-state index in [1.54, 1.807) is 0 Å². The summed E-state index contributed by atoms with van der Waals surface area (Å²) in [5, 5.41) is 23.8. The molecule has 0 aliphatic carbocycles. The summed E-state index contributed by atoms with van der Waals surface area (Å²) >= 11 is 0. The third kappa shape index (κ3) is 22.8. The Kier molecular flexibility index (Phi) is 19.7. The van der Waals surface area contributed by atoms with Gasteiger partial charge in [0.15, 0.2) is 0 Å². The molecule has 26 heteroatoms. The van der Waals surface area contributed by atoms with Crippen LogP contribution in [0.3, 0.4) is 0 Å². The Bertz CT molecular complexity index is 836. The molecule has 0 unspecified atom stereocenters. The molecule has 0 heterocycles. The predicted molar refractivity (Wildman–Crippen MR) is 87.1 cm³/mol. The summed E-state index contributed by atoms with van der Waals surface area (Å²) in [7, 11) is 0. The monoisotopic (exact) mass is 731 g/mol. The molecule has 239 valence electrons. The van der Waals surface area contributed by atoms with Gasteiger partial charge in [-0.25, -0.2) is 0 Å². The predicted octanol–water partition coefficient (Wildman–Crippen LogP) is 5.54. The Hall–Kier alpha value is -2.57. The molecule has 0 aromatic heterocycles. The van der Waals surface area contributed by atoms with Crippen LogP contribution in [-0.4, -0.2) is 75.2 Å². The Balaban J connectivity index is -0.000000154. The van der Waals surface area contributed by atoms with E-state index in [-0.39, 0.29) is 38.2 Å². The minimum Gasteiger partial charge on any atom is -0.504 e. The first kappa shape index (κ1) is 48.2. The van der Waals surface area contributed by atoms with Gasteiger partial charge in [0.05, 0.1) is 0 Å². The maximum Gasteiger partial charge on any atom is 0.454 e. The number of aliphatic hydroxyl groups is 3. The molecule has 1 radical (unpaired) electrons. The van der Waals surface area contributed by atoms with Crippen molar-refractivity contribution in [3.05, 3.63) is 35.5 Å². The first-order valence-corrected chi connectivity index (χ1v) is 7.92. The van der Waals surface area contributed by atoms with Crippen molar-refractivity contribution in [2.24, 2.45) is 0 Å². The number of hydrogen-bond donors (Lipinski definition) is 3. The van der Waals surface area contributed by atoms with Crippen LogP contribution in [0.1, 0.15) is 0 Å². The first-order valence-electron chi connectivity index (χ1n) is 7.92. The first-order chi connectivity index (χ1) is 16.6. The fraction of sp³-hybridized carbons (Fsp3) is 0.400. The van der Waals surface area contributed by atoms with Crippen molar-refractivity contribution in [3.63, 3.8) is 0 Å². The molecule has 41 heavy (non-hydrogen) atoms. The number of rotatable bonds is 3. The molecule has 0 amide bonds. The maximum atomic E-state index is 11.4. The van der Waals surface area contributed by atoms with Crippen molar-refractivity contribution in [3.8, 4) is 0 Å². The number of ketones is 3. The average molecular weight is 731 g/mol. The number of carbonyl (C=O) groups is 3. The standard InChI is InChI=1S/3C5H2F6O2.H2O.Y/c3*6-4(7,8)2(12)1-3(13)5(9,10)11;;/h3*1,12H;1H2;/b3*2-1-;;. The molecule has 0 atom stereocenters. The smallest absolute Gasteiger partial charge is 0.454 e. The van der Waals surface area contributed by atoms with Crippen LogP contribution in [0.4, 0.5) is 79.0 Å². The summed E-state index contributed by atoms with van der Waals surface area (Å²) in [5.74, 6) is -16.0. The summed E-state index contributed by atoms with van der Waals surface area (Å²) in [4.78, 5) is 29.6. The summed E-state index contributed by atoms with van der Waals surface area (Å²) in [6, 6.07) is 0. The summed E-state index contributed by atoms with van der Waals surface area (Å²) in [6.45, 7) is 0. The Labute approximate surface area is 237 Å². The zero-order chi connectivity index (χ0) is 32.6. The van der Waals surface area contributed by atoms with Crippen molar-refractivity contribution in [2.45, 2.75) is 37.1 Å². The van der Waals surface area contributed by atoms with Crippen LogP contribution in [0.2, 0.25) is 0 Å². The molecule has 0 bridgehead atoms. The van der Waals surface area contributed by atoms with Gasteiger partial charge in [-0.1, -0.05) is 0 Å². The number of allylic oxidation sites excluding steroid dienone is 6. The molecule has 0 saturated heterocycles. The van der Waals surface area contributed by atoms with Gasteiger partial charge >= 0.3 is 37.1 Å². The number of carbonyl (C=O) groups excluding carboxylic acids is 3. The fourth-order valence-corrected chi connectivity index (χ4v) is 0.864. The fourth-order valence-electron chi connectivity index (χ4n) is 0.864. The van der Waals surface area contributed by atoms with Crippen LogP contribution in [0.25, 0.3) is 0 Å². The third-order valence-electron chi connectivity index (χ3n) is 2.51. The normalized spacial score (nSPS) is 13.8. The number of hydrogen-bond acceptors (Lipinski definition) is 6. The van der Waals surface area contributed by atoms with Crippen LogP contribution < -0.4 is 0 Å². The molecule has 0 saturated carbocycles. The summed E-state index contributed by atoms with van der Waals surface area (Å²) in [6.07, 6.45) is -35.0. The van der Waals surface area contributed by atoms with E-state index in [1.165, 1.54) is 0 Å². The molecular weight excluding hydrogens is 723 g/mol. The molecule has 5 N–H and O–H groups in total. The van der Waals surface area contributed by atoms with E-state index in [2.05, 4.69) is 0 Å². The minimum absolute atomic E-state index is 0. The molecular formula is C15H8F18O7Y. The van der Waals surface area contributed by atoms with Crippen LogP contribution >= 0.6 is 0 Å². The van der Waals surface area contributed by atoms with Crippen molar-refractivity contribution in [1.29, 1.82) is 0 Å². The van der Waals surface area contributed by atoms with Crippen LogP contribution in [-0.2, 0) is 47.1 Å². The quantitative estimate of drug-likeness (QED) is 0.198. The minimum atomic E-state index is -5.42. The van der Waals surface area contributed by atoms with E-state index in [0.717, 1.165) is 0 Å². The molecule has 7 nitrogen and oxygen atoms in total. The number of aliphatic hydroxyl groups excluding tert-OH is 3. The Morgan fingerprint density at radius 1 is 0.366 bits per heavy atom. The SMILES string of the molecule is O.O=C(/C=C(\O)C(F)(F)F)C(F)(F)F.O=C(/C=C(\O)C(F)(F)F)C(F)(F)F.O=C(/C=C(\O)C(F)(F)F)C(F)(F)F.[Y].